The van der Waals surface area contributed by atoms with E-state index in [-0.39, 0.29) is 12.8 Å². The molecule has 214 valence electrons. The van der Waals surface area contributed by atoms with Crippen LogP contribution in [0.4, 0.5) is 13.9 Å². The molecule has 40 heavy (non-hydrogen) atoms. The van der Waals surface area contributed by atoms with Crippen molar-refractivity contribution in [3.05, 3.63) is 58.5 Å². The van der Waals surface area contributed by atoms with Gasteiger partial charge in [-0.1, -0.05) is 0 Å². The smallest absolute Gasteiger partial charge is 0.235 e. The number of amides is 1. The van der Waals surface area contributed by atoms with Gasteiger partial charge in [0.05, 0.1) is 52.5 Å². The third-order valence-corrected chi connectivity index (χ3v) is 7.93. The molecule has 0 spiro atoms. The Labute approximate surface area is 236 Å². The average molecular weight is 574 g/mol. The number of nitrogens with zero attached hydrogens (tertiary/aromatic N) is 3. The number of fused-ring (bicyclic) bond motifs is 1. The molecule has 1 heterocycles. The minimum atomic E-state index is -1.44. The molecule has 1 aromatic heterocycles. The number of carbonyl (C=O) groups excluding carboxylic acids is 2. The SMILES string of the molecule is COc1cc(OCCC[N+](C)(C)C)ccc1-c1csc(N(C)C(=O)C2(CC(=O)[O-])Cc3cc(F)c(F)cc3C2)n1. The van der Waals surface area contributed by atoms with Crippen molar-refractivity contribution in [1.82, 2.24) is 4.98 Å². The monoisotopic (exact) mass is 573 g/mol. The number of quaternary nitrogens is 1. The standard InChI is InChI=1S/C29H33F2N3O5S/c1-33(27(37)29(16-26(35)36)14-18-11-22(30)23(31)12-19(18)15-29)28-32-24(17-40-28)21-8-7-20(13-25(21)38-5)39-10-6-9-34(2,3)4/h7-8,11-13,17H,6,9-10,14-16H2,1-5H3. The van der Waals surface area contributed by atoms with E-state index in [1.807, 2.05) is 12.1 Å². The van der Waals surface area contributed by atoms with Gasteiger partial charge < -0.3 is 23.9 Å². The number of aromatic nitrogens is 1. The van der Waals surface area contributed by atoms with E-state index in [9.17, 15) is 23.5 Å². The van der Waals surface area contributed by atoms with Gasteiger partial charge in [-0.25, -0.2) is 13.8 Å². The third-order valence-electron chi connectivity index (χ3n) is 7.01. The number of rotatable bonds is 11. The van der Waals surface area contributed by atoms with E-state index in [0.717, 1.165) is 29.6 Å². The molecule has 0 bridgehead atoms. The highest BCUT2D eigenvalue weighted by Crippen LogP contribution is 2.43. The van der Waals surface area contributed by atoms with Crippen LogP contribution in [0.1, 0.15) is 24.0 Å². The molecule has 0 radical (unpaired) electrons. The lowest BCUT2D eigenvalue weighted by Crippen LogP contribution is -2.46. The lowest BCUT2D eigenvalue weighted by molar-refractivity contribution is -0.870. The highest BCUT2D eigenvalue weighted by atomic mass is 32.1. The van der Waals surface area contributed by atoms with Gasteiger partial charge in [-0.2, -0.15) is 0 Å². The van der Waals surface area contributed by atoms with E-state index >= 15 is 0 Å². The second kappa shape index (κ2) is 11.5. The van der Waals surface area contributed by atoms with Crippen molar-refractivity contribution in [2.24, 2.45) is 5.41 Å². The summed E-state index contributed by atoms with van der Waals surface area (Å²) in [6, 6.07) is 7.52. The van der Waals surface area contributed by atoms with Gasteiger partial charge in [0.1, 0.15) is 11.5 Å². The van der Waals surface area contributed by atoms with Crippen molar-refractivity contribution >= 4 is 28.3 Å². The van der Waals surface area contributed by atoms with E-state index < -0.39 is 35.3 Å². The normalized spacial score (nSPS) is 14.1. The second-order valence-corrected chi connectivity index (χ2v) is 12.0. The van der Waals surface area contributed by atoms with Crippen LogP contribution >= 0.6 is 11.3 Å². The number of hydrogen-bond acceptors (Lipinski definition) is 7. The van der Waals surface area contributed by atoms with Crippen molar-refractivity contribution in [2.45, 2.75) is 25.7 Å². The van der Waals surface area contributed by atoms with Crippen LogP contribution in [-0.4, -0.2) is 69.8 Å². The Bertz CT molecular complexity index is 1390. The molecular formula is C29H33F2N3O5S. The molecule has 11 heteroatoms. The zero-order valence-electron chi connectivity index (χ0n) is 23.3. The first-order valence-corrected chi connectivity index (χ1v) is 13.7. The minimum Gasteiger partial charge on any atom is -0.550 e. The minimum absolute atomic E-state index is 0.0427. The first kappa shape index (κ1) is 29.4. The van der Waals surface area contributed by atoms with Crippen LogP contribution in [-0.2, 0) is 22.4 Å². The van der Waals surface area contributed by atoms with Gasteiger partial charge in [0.25, 0.3) is 0 Å². The summed E-state index contributed by atoms with van der Waals surface area (Å²) in [5.74, 6) is -2.79. The quantitative estimate of drug-likeness (QED) is 0.258. The van der Waals surface area contributed by atoms with Gasteiger partial charge in [-0.15, -0.1) is 11.3 Å². The molecule has 4 rings (SSSR count). The van der Waals surface area contributed by atoms with Gasteiger partial charge in [-0.05, 0) is 48.2 Å². The summed E-state index contributed by atoms with van der Waals surface area (Å²) < 4.78 is 40.0. The number of carboxylic acid groups (broad SMARTS) is 1. The van der Waals surface area contributed by atoms with Crippen molar-refractivity contribution in [1.29, 1.82) is 0 Å². The summed E-state index contributed by atoms with van der Waals surface area (Å²) >= 11 is 1.21. The fourth-order valence-electron chi connectivity index (χ4n) is 5.06. The Morgan fingerprint density at radius 1 is 1.12 bits per heavy atom. The molecule has 0 saturated heterocycles. The maximum atomic E-state index is 13.9. The van der Waals surface area contributed by atoms with Gasteiger partial charge in [0.15, 0.2) is 16.8 Å². The number of carboxylic acids is 1. The molecular weight excluding hydrogens is 540 g/mol. The summed E-state index contributed by atoms with van der Waals surface area (Å²) in [4.78, 5) is 31.3. The van der Waals surface area contributed by atoms with E-state index in [0.29, 0.717) is 45.6 Å². The predicted octanol–water partition coefficient (Wildman–Crippen LogP) is 3.46. The van der Waals surface area contributed by atoms with Crippen molar-refractivity contribution < 1.29 is 37.4 Å². The molecule has 0 N–H and O–H groups in total. The first-order valence-electron chi connectivity index (χ1n) is 12.8. The molecule has 1 aliphatic carbocycles. The topological polar surface area (TPSA) is 91.8 Å². The molecule has 0 aliphatic heterocycles. The van der Waals surface area contributed by atoms with E-state index in [1.54, 1.807) is 18.6 Å². The van der Waals surface area contributed by atoms with Crippen LogP contribution < -0.4 is 19.5 Å². The molecule has 0 saturated carbocycles. The van der Waals surface area contributed by atoms with Gasteiger partial charge in [0.2, 0.25) is 5.91 Å². The fourth-order valence-corrected chi connectivity index (χ4v) is 5.85. The molecule has 0 atom stereocenters. The second-order valence-electron chi connectivity index (χ2n) is 11.2. The summed E-state index contributed by atoms with van der Waals surface area (Å²) in [5, 5.41) is 13.8. The maximum absolute atomic E-state index is 13.9. The lowest BCUT2D eigenvalue weighted by atomic mass is 9.80. The van der Waals surface area contributed by atoms with Crippen molar-refractivity contribution in [3.63, 3.8) is 0 Å². The summed E-state index contributed by atoms with van der Waals surface area (Å²) in [5.41, 5.74) is 0.649. The molecule has 0 unspecified atom stereocenters. The third kappa shape index (κ3) is 6.42. The van der Waals surface area contributed by atoms with Crippen molar-refractivity contribution in [2.75, 3.05) is 53.4 Å². The fraction of sp³-hybridized carbons (Fsp3) is 0.414. The van der Waals surface area contributed by atoms with Crippen LogP contribution in [0.2, 0.25) is 0 Å². The van der Waals surface area contributed by atoms with Gasteiger partial charge in [-0.3, -0.25) is 9.69 Å². The van der Waals surface area contributed by atoms with Crippen LogP contribution in [0.25, 0.3) is 11.3 Å². The number of methoxy groups -OCH3 is 1. The summed E-state index contributed by atoms with van der Waals surface area (Å²) in [7, 11) is 9.45. The zero-order valence-corrected chi connectivity index (χ0v) is 24.1. The predicted molar refractivity (Wildman–Crippen MR) is 146 cm³/mol. The number of thiazole rings is 1. The van der Waals surface area contributed by atoms with Crippen LogP contribution in [0.15, 0.2) is 35.7 Å². The summed E-state index contributed by atoms with van der Waals surface area (Å²) in [6.45, 7) is 1.55. The Hall–Kier alpha value is -3.57. The van der Waals surface area contributed by atoms with Gasteiger partial charge in [0, 0.05) is 42.9 Å². The van der Waals surface area contributed by atoms with Crippen LogP contribution in [0.3, 0.4) is 0 Å². The number of anilines is 1. The number of carbonyl (C=O) groups is 2. The Kier molecular flexibility index (Phi) is 8.46. The van der Waals surface area contributed by atoms with E-state index in [1.165, 1.54) is 23.3 Å². The van der Waals surface area contributed by atoms with E-state index in [2.05, 4.69) is 26.1 Å². The van der Waals surface area contributed by atoms with Crippen LogP contribution in [0, 0.1) is 17.0 Å². The number of hydrogen-bond donors (Lipinski definition) is 0. The Morgan fingerprint density at radius 3 is 2.35 bits per heavy atom. The van der Waals surface area contributed by atoms with Crippen LogP contribution in [0.5, 0.6) is 11.5 Å². The number of halogens is 2. The van der Waals surface area contributed by atoms with E-state index in [4.69, 9.17) is 9.47 Å². The molecule has 0 fully saturated rings. The molecule has 3 aromatic rings. The Balaban J connectivity index is 1.53. The largest absolute Gasteiger partial charge is 0.550 e. The Morgan fingerprint density at radius 2 is 1.77 bits per heavy atom. The summed E-state index contributed by atoms with van der Waals surface area (Å²) in [6.07, 6.45) is 0.228. The number of aliphatic carboxylic acids is 1. The maximum Gasteiger partial charge on any atom is 0.235 e. The highest BCUT2D eigenvalue weighted by Gasteiger charge is 2.46. The zero-order chi connectivity index (χ0) is 29.2. The average Bonchev–Trinajstić information content (AvgIpc) is 3.50. The number of benzene rings is 2. The molecule has 1 aliphatic rings. The lowest BCUT2D eigenvalue weighted by Gasteiger charge is -2.31. The van der Waals surface area contributed by atoms with Gasteiger partial charge >= 0.3 is 0 Å². The molecule has 2 aromatic carbocycles. The molecule has 8 nitrogen and oxygen atoms in total. The molecule has 1 amide bonds. The van der Waals surface area contributed by atoms with Crippen molar-refractivity contribution in [3.8, 4) is 22.8 Å². The number of ether oxygens (including phenoxy) is 2. The highest BCUT2D eigenvalue weighted by molar-refractivity contribution is 7.14. The first-order chi connectivity index (χ1) is 18.8.